The molecule has 3 aromatic rings. The largest absolute Gasteiger partial charge is 0.478 e. The van der Waals surface area contributed by atoms with Crippen molar-refractivity contribution >= 4 is 0 Å². The van der Waals surface area contributed by atoms with Crippen LogP contribution in [0, 0.1) is 5.82 Å². The predicted octanol–water partition coefficient (Wildman–Crippen LogP) is 2.93. The SMILES string of the molecule is CCOc1ncc(Cn2cncn2)cc1-c1ccc(F)cc1. The summed E-state index contributed by atoms with van der Waals surface area (Å²) in [6.07, 6.45) is 4.89. The van der Waals surface area contributed by atoms with Crippen molar-refractivity contribution in [2.45, 2.75) is 13.5 Å². The Morgan fingerprint density at radius 2 is 2.05 bits per heavy atom. The highest BCUT2D eigenvalue weighted by molar-refractivity contribution is 5.69. The van der Waals surface area contributed by atoms with Gasteiger partial charge in [-0.25, -0.2) is 19.0 Å². The van der Waals surface area contributed by atoms with Gasteiger partial charge in [0, 0.05) is 11.8 Å². The van der Waals surface area contributed by atoms with E-state index in [9.17, 15) is 4.39 Å². The van der Waals surface area contributed by atoms with Gasteiger partial charge in [0.2, 0.25) is 5.88 Å². The number of benzene rings is 1. The molecule has 0 saturated heterocycles. The minimum atomic E-state index is -0.270. The average molecular weight is 298 g/mol. The lowest BCUT2D eigenvalue weighted by Crippen LogP contribution is -2.03. The summed E-state index contributed by atoms with van der Waals surface area (Å²) < 4.78 is 20.4. The van der Waals surface area contributed by atoms with Gasteiger partial charge in [-0.05, 0) is 36.2 Å². The predicted molar refractivity (Wildman–Crippen MR) is 79.9 cm³/mol. The van der Waals surface area contributed by atoms with Crippen LogP contribution < -0.4 is 4.74 Å². The zero-order valence-corrected chi connectivity index (χ0v) is 12.1. The van der Waals surface area contributed by atoms with E-state index in [1.165, 1.54) is 18.5 Å². The number of hydrogen-bond acceptors (Lipinski definition) is 4. The maximum Gasteiger partial charge on any atom is 0.221 e. The third kappa shape index (κ3) is 3.11. The molecule has 0 unspecified atom stereocenters. The highest BCUT2D eigenvalue weighted by Gasteiger charge is 2.10. The van der Waals surface area contributed by atoms with Gasteiger partial charge in [-0.15, -0.1) is 0 Å². The Kier molecular flexibility index (Phi) is 4.09. The van der Waals surface area contributed by atoms with Gasteiger partial charge in [-0.1, -0.05) is 12.1 Å². The Morgan fingerprint density at radius 3 is 2.73 bits per heavy atom. The van der Waals surface area contributed by atoms with Gasteiger partial charge >= 0.3 is 0 Å². The Hall–Kier alpha value is -2.76. The van der Waals surface area contributed by atoms with E-state index in [-0.39, 0.29) is 5.82 Å². The van der Waals surface area contributed by atoms with Crippen LogP contribution in [0.1, 0.15) is 12.5 Å². The number of halogens is 1. The summed E-state index contributed by atoms with van der Waals surface area (Å²) in [5.41, 5.74) is 2.66. The molecule has 6 heteroatoms. The monoisotopic (exact) mass is 298 g/mol. The number of hydrogen-bond donors (Lipinski definition) is 0. The van der Waals surface area contributed by atoms with Gasteiger partial charge in [0.05, 0.1) is 13.2 Å². The summed E-state index contributed by atoms with van der Waals surface area (Å²) in [5.74, 6) is 0.268. The Labute approximate surface area is 127 Å². The minimum Gasteiger partial charge on any atom is -0.478 e. The summed E-state index contributed by atoms with van der Waals surface area (Å²) in [5, 5.41) is 4.08. The Bertz CT molecular complexity index is 741. The van der Waals surface area contributed by atoms with E-state index in [2.05, 4.69) is 15.1 Å². The van der Waals surface area contributed by atoms with Crippen molar-refractivity contribution in [2.24, 2.45) is 0 Å². The Morgan fingerprint density at radius 1 is 1.23 bits per heavy atom. The third-order valence-corrected chi connectivity index (χ3v) is 3.16. The molecule has 5 nitrogen and oxygen atoms in total. The van der Waals surface area contributed by atoms with Crippen LogP contribution in [0.3, 0.4) is 0 Å². The lowest BCUT2D eigenvalue weighted by molar-refractivity contribution is 0.328. The van der Waals surface area contributed by atoms with Crippen LogP contribution in [0.5, 0.6) is 5.88 Å². The molecule has 1 aromatic carbocycles. The first-order chi connectivity index (χ1) is 10.8. The van der Waals surface area contributed by atoms with Crippen molar-refractivity contribution in [1.82, 2.24) is 19.7 Å². The molecule has 0 bridgehead atoms. The van der Waals surface area contributed by atoms with Crippen LogP contribution in [0.15, 0.2) is 49.2 Å². The quantitative estimate of drug-likeness (QED) is 0.726. The third-order valence-electron chi connectivity index (χ3n) is 3.16. The van der Waals surface area contributed by atoms with Gasteiger partial charge < -0.3 is 4.74 Å². The molecule has 0 N–H and O–H groups in total. The molecule has 22 heavy (non-hydrogen) atoms. The zero-order chi connectivity index (χ0) is 15.4. The van der Waals surface area contributed by atoms with E-state index >= 15 is 0 Å². The molecule has 0 spiro atoms. The molecule has 0 radical (unpaired) electrons. The van der Waals surface area contributed by atoms with Crippen LogP contribution in [-0.2, 0) is 6.54 Å². The number of pyridine rings is 1. The van der Waals surface area contributed by atoms with Gasteiger partial charge in [0.25, 0.3) is 0 Å². The van der Waals surface area contributed by atoms with Crippen molar-refractivity contribution in [3.8, 4) is 17.0 Å². The maximum absolute atomic E-state index is 13.1. The van der Waals surface area contributed by atoms with Crippen molar-refractivity contribution in [1.29, 1.82) is 0 Å². The molecule has 3 rings (SSSR count). The highest BCUT2D eigenvalue weighted by atomic mass is 19.1. The summed E-state index contributed by atoms with van der Waals surface area (Å²) in [6.45, 7) is 2.98. The second-order valence-electron chi connectivity index (χ2n) is 4.73. The van der Waals surface area contributed by atoms with Crippen LogP contribution in [0.4, 0.5) is 4.39 Å². The van der Waals surface area contributed by atoms with Gasteiger partial charge in [0.15, 0.2) is 0 Å². The zero-order valence-electron chi connectivity index (χ0n) is 12.1. The number of ether oxygens (including phenoxy) is 1. The molecular weight excluding hydrogens is 283 g/mol. The van der Waals surface area contributed by atoms with Crippen molar-refractivity contribution in [3.63, 3.8) is 0 Å². The normalized spacial score (nSPS) is 10.6. The van der Waals surface area contributed by atoms with Crippen LogP contribution in [0.2, 0.25) is 0 Å². The van der Waals surface area contributed by atoms with E-state index in [0.717, 1.165) is 16.7 Å². The van der Waals surface area contributed by atoms with Crippen LogP contribution in [0.25, 0.3) is 11.1 Å². The van der Waals surface area contributed by atoms with E-state index < -0.39 is 0 Å². The molecule has 0 atom stereocenters. The smallest absolute Gasteiger partial charge is 0.221 e. The van der Waals surface area contributed by atoms with Crippen LogP contribution in [-0.4, -0.2) is 26.4 Å². The minimum absolute atomic E-state index is 0.270. The van der Waals surface area contributed by atoms with Crippen LogP contribution >= 0.6 is 0 Å². The van der Waals surface area contributed by atoms with E-state index in [1.54, 1.807) is 29.3 Å². The fourth-order valence-corrected chi connectivity index (χ4v) is 2.17. The fraction of sp³-hybridized carbons (Fsp3) is 0.188. The average Bonchev–Trinajstić information content (AvgIpc) is 3.03. The van der Waals surface area contributed by atoms with Gasteiger partial charge in [-0.2, -0.15) is 5.10 Å². The number of aromatic nitrogens is 4. The topological polar surface area (TPSA) is 52.8 Å². The molecule has 0 saturated carbocycles. The molecule has 0 aliphatic rings. The first kappa shape index (κ1) is 14.2. The summed E-state index contributed by atoms with van der Waals surface area (Å²) >= 11 is 0. The highest BCUT2D eigenvalue weighted by Crippen LogP contribution is 2.29. The van der Waals surface area contributed by atoms with Crippen molar-refractivity contribution in [3.05, 3.63) is 60.6 Å². The molecule has 0 fully saturated rings. The summed E-state index contributed by atoms with van der Waals surface area (Å²) in [6, 6.07) is 8.26. The lowest BCUT2D eigenvalue weighted by atomic mass is 10.1. The number of rotatable bonds is 5. The van der Waals surface area contributed by atoms with Crippen molar-refractivity contribution in [2.75, 3.05) is 6.61 Å². The first-order valence-corrected chi connectivity index (χ1v) is 6.96. The summed E-state index contributed by atoms with van der Waals surface area (Å²) in [4.78, 5) is 8.29. The number of nitrogens with zero attached hydrogens (tertiary/aromatic N) is 4. The lowest BCUT2D eigenvalue weighted by Gasteiger charge is -2.11. The maximum atomic E-state index is 13.1. The van der Waals surface area contributed by atoms with Crippen molar-refractivity contribution < 1.29 is 9.13 Å². The molecule has 2 heterocycles. The molecular formula is C16H15FN4O. The second-order valence-corrected chi connectivity index (χ2v) is 4.73. The molecule has 0 aliphatic heterocycles. The standard InChI is InChI=1S/C16H15FN4O/c1-2-22-16-15(13-3-5-14(17)6-4-13)7-12(8-19-16)9-21-11-18-10-20-21/h3-8,10-11H,2,9H2,1H3. The van der Waals surface area contributed by atoms with E-state index in [0.29, 0.717) is 19.0 Å². The molecule has 0 aliphatic carbocycles. The molecule has 112 valence electrons. The molecule has 2 aromatic heterocycles. The Balaban J connectivity index is 1.98. The fourth-order valence-electron chi connectivity index (χ4n) is 2.17. The molecule has 0 amide bonds. The van der Waals surface area contributed by atoms with E-state index in [1.807, 2.05) is 13.0 Å². The second kappa shape index (κ2) is 6.34. The summed E-state index contributed by atoms with van der Waals surface area (Å²) in [7, 11) is 0. The van der Waals surface area contributed by atoms with Gasteiger partial charge in [0.1, 0.15) is 18.5 Å². The van der Waals surface area contributed by atoms with E-state index in [4.69, 9.17) is 4.74 Å². The van der Waals surface area contributed by atoms with Gasteiger partial charge in [-0.3, -0.25) is 0 Å². The first-order valence-electron chi connectivity index (χ1n) is 6.96.